The molecule has 162 valence electrons. The van der Waals surface area contributed by atoms with Gasteiger partial charge in [0.25, 0.3) is 0 Å². The molecular formula is C23H37NO4Si. The lowest BCUT2D eigenvalue weighted by Gasteiger charge is -2.37. The molecule has 0 aromatic heterocycles. The van der Waals surface area contributed by atoms with Crippen molar-refractivity contribution in [1.82, 2.24) is 4.90 Å². The van der Waals surface area contributed by atoms with E-state index in [9.17, 15) is 9.59 Å². The second-order valence-electron chi connectivity index (χ2n) is 9.13. The number of esters is 1. The molecule has 1 atom stereocenters. The van der Waals surface area contributed by atoms with E-state index in [4.69, 9.17) is 9.47 Å². The Bertz CT molecular complexity index is 720. The topological polar surface area (TPSA) is 55.8 Å². The van der Waals surface area contributed by atoms with Crippen molar-refractivity contribution < 1.29 is 19.1 Å². The Morgan fingerprint density at radius 1 is 1.14 bits per heavy atom. The van der Waals surface area contributed by atoms with Gasteiger partial charge in [-0.25, -0.2) is 9.59 Å². The second-order valence-corrected chi connectivity index (χ2v) is 13.6. The van der Waals surface area contributed by atoms with E-state index in [1.165, 1.54) is 17.2 Å². The number of allylic oxidation sites excluding steroid dienone is 1. The first kappa shape index (κ1) is 25.0. The molecule has 0 aliphatic heterocycles. The van der Waals surface area contributed by atoms with Crippen LogP contribution in [0.1, 0.15) is 41.5 Å². The zero-order chi connectivity index (χ0) is 22.4. The molecule has 0 aliphatic rings. The monoisotopic (exact) mass is 419 g/mol. The van der Waals surface area contributed by atoms with Gasteiger partial charge < -0.3 is 9.47 Å². The maximum atomic E-state index is 13.1. The summed E-state index contributed by atoms with van der Waals surface area (Å²) in [5.41, 5.74) is -0.657. The molecular weight excluding hydrogens is 382 g/mol. The Morgan fingerprint density at radius 2 is 1.69 bits per heavy atom. The van der Waals surface area contributed by atoms with Crippen molar-refractivity contribution in [3.05, 3.63) is 41.6 Å². The maximum absolute atomic E-state index is 13.1. The van der Waals surface area contributed by atoms with Crippen LogP contribution in [0.2, 0.25) is 13.1 Å². The molecule has 0 N–H and O–H groups in total. The summed E-state index contributed by atoms with van der Waals surface area (Å²) >= 11 is 0. The quantitative estimate of drug-likeness (QED) is 0.481. The van der Waals surface area contributed by atoms with Crippen LogP contribution in [0, 0.1) is 5.92 Å². The Hall–Kier alpha value is -2.08. The summed E-state index contributed by atoms with van der Waals surface area (Å²) in [6.07, 6.45) is 1.57. The molecule has 0 unspecified atom stereocenters. The lowest BCUT2D eigenvalue weighted by molar-refractivity contribution is -0.148. The number of amides is 1. The highest BCUT2D eigenvalue weighted by molar-refractivity contribution is 6.95. The summed E-state index contributed by atoms with van der Waals surface area (Å²) in [5, 5.41) is 2.43. The Kier molecular flexibility index (Phi) is 8.69. The summed E-state index contributed by atoms with van der Waals surface area (Å²) in [6.45, 7) is 16.1. The summed E-state index contributed by atoms with van der Waals surface area (Å²) in [4.78, 5) is 27.2. The molecule has 1 aromatic rings. The van der Waals surface area contributed by atoms with Crippen LogP contribution in [0.3, 0.4) is 0 Å². The molecule has 0 fully saturated rings. The van der Waals surface area contributed by atoms with E-state index in [0.29, 0.717) is 6.54 Å². The number of rotatable bonds is 7. The van der Waals surface area contributed by atoms with E-state index >= 15 is 0 Å². The van der Waals surface area contributed by atoms with Gasteiger partial charge in [0.1, 0.15) is 19.7 Å². The minimum Gasteiger partial charge on any atom is -0.467 e. The fourth-order valence-corrected chi connectivity index (χ4v) is 6.03. The average molecular weight is 420 g/mol. The van der Waals surface area contributed by atoms with Crippen molar-refractivity contribution in [3.8, 4) is 0 Å². The molecule has 6 heteroatoms. The van der Waals surface area contributed by atoms with Gasteiger partial charge in [0, 0.05) is 6.54 Å². The van der Waals surface area contributed by atoms with Crippen LogP contribution in [0.15, 0.2) is 41.6 Å². The number of hydrogen-bond donors (Lipinski definition) is 0. The van der Waals surface area contributed by atoms with Gasteiger partial charge in [0.2, 0.25) is 0 Å². The number of nitrogens with zero attached hydrogens (tertiary/aromatic N) is 1. The van der Waals surface area contributed by atoms with Gasteiger partial charge in [-0.3, -0.25) is 4.90 Å². The van der Waals surface area contributed by atoms with E-state index in [0.717, 1.165) is 5.20 Å². The Labute approximate surface area is 177 Å². The van der Waals surface area contributed by atoms with Gasteiger partial charge in [0.15, 0.2) is 0 Å². The highest BCUT2D eigenvalue weighted by atomic mass is 28.3. The minimum absolute atomic E-state index is 0.116. The SMILES string of the molecule is C/C=C(/CN(C(=O)OC(C)(C)C)[C@H](C(=O)OC)C(C)C)[Si](C)(C)c1ccccc1. The predicted molar refractivity (Wildman–Crippen MR) is 121 cm³/mol. The summed E-state index contributed by atoms with van der Waals surface area (Å²) in [7, 11) is -0.691. The van der Waals surface area contributed by atoms with Gasteiger partial charge in [-0.2, -0.15) is 0 Å². The lowest BCUT2D eigenvalue weighted by Crippen LogP contribution is -2.54. The highest BCUT2D eigenvalue weighted by Crippen LogP contribution is 2.23. The number of carbonyl (C=O) groups excluding carboxylic acids is 2. The largest absolute Gasteiger partial charge is 0.467 e. The standard InChI is InChI=1S/C23H37NO4Si/c1-10-18(29(8,9)19-14-12-11-13-15-19)16-24(22(26)28-23(4,5)6)20(17(2)3)21(25)27-7/h10-15,17,20H,16H2,1-9H3/b18-10-/t20-/m0/s1. The highest BCUT2D eigenvalue weighted by Gasteiger charge is 2.39. The van der Waals surface area contributed by atoms with Crippen LogP contribution in [-0.2, 0) is 14.3 Å². The second kappa shape index (κ2) is 10.1. The van der Waals surface area contributed by atoms with Gasteiger partial charge in [-0.05, 0) is 33.6 Å². The van der Waals surface area contributed by atoms with Crippen molar-refractivity contribution in [2.75, 3.05) is 13.7 Å². The smallest absolute Gasteiger partial charge is 0.411 e. The fourth-order valence-electron chi connectivity index (χ4n) is 3.35. The average Bonchev–Trinajstić information content (AvgIpc) is 2.63. The first-order valence-electron chi connectivity index (χ1n) is 10.1. The molecule has 1 aromatic carbocycles. The van der Waals surface area contributed by atoms with Gasteiger partial charge in [-0.15, -0.1) is 0 Å². The first-order chi connectivity index (χ1) is 13.3. The van der Waals surface area contributed by atoms with Crippen LogP contribution in [0.25, 0.3) is 0 Å². The van der Waals surface area contributed by atoms with Gasteiger partial charge in [-0.1, -0.05) is 73.7 Å². The van der Waals surface area contributed by atoms with Crippen LogP contribution < -0.4 is 5.19 Å². The zero-order valence-electron chi connectivity index (χ0n) is 19.4. The molecule has 0 saturated heterocycles. The van der Waals surface area contributed by atoms with Gasteiger partial charge >= 0.3 is 12.1 Å². The summed E-state index contributed by atoms with van der Waals surface area (Å²) in [6, 6.07) is 9.62. The number of carbonyl (C=O) groups is 2. The molecule has 1 rings (SSSR count). The van der Waals surface area contributed by atoms with Crippen LogP contribution in [-0.4, -0.2) is 50.3 Å². The van der Waals surface area contributed by atoms with Crippen molar-refractivity contribution in [1.29, 1.82) is 0 Å². The Morgan fingerprint density at radius 3 is 2.10 bits per heavy atom. The third kappa shape index (κ3) is 6.73. The molecule has 0 spiro atoms. The molecule has 0 heterocycles. The number of benzene rings is 1. The van der Waals surface area contributed by atoms with Crippen molar-refractivity contribution in [2.24, 2.45) is 5.92 Å². The van der Waals surface area contributed by atoms with Crippen LogP contribution in [0.4, 0.5) is 4.79 Å². The summed E-state index contributed by atoms with van der Waals surface area (Å²) < 4.78 is 10.7. The third-order valence-corrected chi connectivity index (χ3v) is 8.85. The first-order valence-corrected chi connectivity index (χ1v) is 13.1. The number of ether oxygens (including phenoxy) is 2. The van der Waals surface area contributed by atoms with E-state index in [1.54, 1.807) is 0 Å². The molecule has 1 amide bonds. The maximum Gasteiger partial charge on any atom is 0.411 e. The molecule has 0 radical (unpaired) electrons. The molecule has 0 aliphatic carbocycles. The minimum atomic E-state index is -2.04. The van der Waals surface area contributed by atoms with Crippen LogP contribution >= 0.6 is 0 Å². The van der Waals surface area contributed by atoms with Crippen molar-refractivity contribution >= 4 is 25.3 Å². The lowest BCUT2D eigenvalue weighted by atomic mass is 10.0. The normalized spacial score (nSPS) is 13.8. The third-order valence-electron chi connectivity index (χ3n) is 5.03. The van der Waals surface area contributed by atoms with E-state index in [2.05, 4.69) is 31.3 Å². The zero-order valence-corrected chi connectivity index (χ0v) is 20.4. The van der Waals surface area contributed by atoms with E-state index in [1.807, 2.05) is 59.7 Å². The predicted octanol–water partition coefficient (Wildman–Crippen LogP) is 4.52. The fraction of sp³-hybridized carbons (Fsp3) is 0.565. The van der Waals surface area contributed by atoms with Crippen molar-refractivity contribution in [3.63, 3.8) is 0 Å². The Balaban J connectivity index is 3.37. The van der Waals surface area contributed by atoms with E-state index in [-0.39, 0.29) is 5.92 Å². The number of methoxy groups -OCH3 is 1. The van der Waals surface area contributed by atoms with E-state index < -0.39 is 31.8 Å². The number of hydrogen-bond acceptors (Lipinski definition) is 4. The molecule has 0 bridgehead atoms. The summed E-state index contributed by atoms with van der Waals surface area (Å²) in [5.74, 6) is -0.546. The van der Waals surface area contributed by atoms with Crippen LogP contribution in [0.5, 0.6) is 0 Å². The van der Waals surface area contributed by atoms with Gasteiger partial charge in [0.05, 0.1) is 7.11 Å². The molecule has 0 saturated carbocycles. The molecule has 5 nitrogen and oxygen atoms in total. The van der Waals surface area contributed by atoms with Crippen molar-refractivity contribution in [2.45, 2.75) is 66.3 Å². The molecule has 29 heavy (non-hydrogen) atoms.